The van der Waals surface area contributed by atoms with Gasteiger partial charge < -0.3 is 10.3 Å². The van der Waals surface area contributed by atoms with Crippen molar-refractivity contribution in [3.05, 3.63) is 65.0 Å². The molecule has 0 bridgehead atoms. The number of halogens is 3. The predicted molar refractivity (Wildman–Crippen MR) is 93.6 cm³/mol. The van der Waals surface area contributed by atoms with Crippen LogP contribution in [-0.2, 0) is 6.54 Å². The Hall–Kier alpha value is -3.33. The van der Waals surface area contributed by atoms with Gasteiger partial charge in [-0.15, -0.1) is 0 Å². The second-order valence-corrected chi connectivity index (χ2v) is 5.94. The number of aromatic nitrogens is 5. The van der Waals surface area contributed by atoms with Crippen molar-refractivity contribution in [1.29, 1.82) is 0 Å². The monoisotopic (exact) mass is 388 g/mol. The zero-order chi connectivity index (χ0) is 19.0. The van der Waals surface area contributed by atoms with E-state index in [0.717, 1.165) is 0 Å². The molecule has 0 radical (unpaired) electrons. The second kappa shape index (κ2) is 6.76. The Labute approximate surface area is 156 Å². The standard InChI is InChI=1S/C17H11ClF2N6O/c18-15-14(20)16(21)23-17(22-15)12-7-13(11-5-6-27-25-11)26(24-12)8-9-3-1-2-4-10(9)19/h1-7H,8H2,(H2,21,22,23). The van der Waals surface area contributed by atoms with Crippen molar-refractivity contribution < 1.29 is 13.3 Å². The number of hydrogen-bond acceptors (Lipinski definition) is 6. The third-order valence-corrected chi connectivity index (χ3v) is 4.07. The molecule has 0 saturated heterocycles. The smallest absolute Gasteiger partial charge is 0.202 e. The van der Waals surface area contributed by atoms with Crippen LogP contribution in [0.3, 0.4) is 0 Å². The van der Waals surface area contributed by atoms with E-state index >= 15 is 0 Å². The van der Waals surface area contributed by atoms with Crippen molar-refractivity contribution in [2.24, 2.45) is 0 Å². The predicted octanol–water partition coefficient (Wildman–Crippen LogP) is 3.56. The summed E-state index contributed by atoms with van der Waals surface area (Å²) in [4.78, 5) is 7.75. The van der Waals surface area contributed by atoms with E-state index in [4.69, 9.17) is 21.9 Å². The van der Waals surface area contributed by atoms with Gasteiger partial charge in [-0.3, -0.25) is 4.68 Å². The number of hydrogen-bond donors (Lipinski definition) is 1. The summed E-state index contributed by atoms with van der Waals surface area (Å²) in [5, 5.41) is 7.86. The molecule has 1 aromatic carbocycles. The van der Waals surface area contributed by atoms with Gasteiger partial charge in [0.05, 0.1) is 12.2 Å². The minimum Gasteiger partial charge on any atom is -0.381 e. The minimum absolute atomic E-state index is 0.0379. The van der Waals surface area contributed by atoms with Gasteiger partial charge in [0.15, 0.2) is 16.8 Å². The second-order valence-electron chi connectivity index (χ2n) is 5.59. The van der Waals surface area contributed by atoms with Crippen LogP contribution in [0.25, 0.3) is 22.9 Å². The summed E-state index contributed by atoms with van der Waals surface area (Å²) in [5.41, 5.74) is 7.23. The van der Waals surface area contributed by atoms with Crippen molar-refractivity contribution in [3.8, 4) is 22.9 Å². The van der Waals surface area contributed by atoms with Crippen LogP contribution in [0, 0.1) is 11.6 Å². The van der Waals surface area contributed by atoms with Crippen molar-refractivity contribution in [1.82, 2.24) is 24.9 Å². The molecule has 3 heterocycles. The fourth-order valence-corrected chi connectivity index (χ4v) is 2.71. The van der Waals surface area contributed by atoms with Crippen LogP contribution in [0.2, 0.25) is 5.15 Å². The summed E-state index contributed by atoms with van der Waals surface area (Å²) >= 11 is 5.75. The van der Waals surface area contributed by atoms with Gasteiger partial charge in [-0.1, -0.05) is 35.0 Å². The minimum atomic E-state index is -0.900. The number of nitrogen functional groups attached to an aromatic ring is 1. The van der Waals surface area contributed by atoms with Gasteiger partial charge in [-0.05, 0) is 12.1 Å². The van der Waals surface area contributed by atoms with Crippen LogP contribution in [0.1, 0.15) is 5.56 Å². The lowest BCUT2D eigenvalue weighted by Crippen LogP contribution is -2.06. The van der Waals surface area contributed by atoms with Gasteiger partial charge >= 0.3 is 0 Å². The zero-order valence-corrected chi connectivity index (χ0v) is 14.4. The normalized spacial score (nSPS) is 11.1. The molecule has 4 aromatic rings. The highest BCUT2D eigenvalue weighted by Crippen LogP contribution is 2.27. The summed E-state index contributed by atoms with van der Waals surface area (Å²) in [5.74, 6) is -1.62. The Morgan fingerprint density at radius 3 is 2.63 bits per heavy atom. The molecule has 2 N–H and O–H groups in total. The van der Waals surface area contributed by atoms with Gasteiger partial charge in [-0.25, -0.2) is 14.4 Å². The maximum atomic E-state index is 14.1. The fourth-order valence-electron chi connectivity index (χ4n) is 2.54. The molecule has 7 nitrogen and oxygen atoms in total. The average Bonchev–Trinajstić information content (AvgIpc) is 3.31. The van der Waals surface area contributed by atoms with Crippen LogP contribution < -0.4 is 5.73 Å². The molecule has 0 fully saturated rings. The maximum Gasteiger partial charge on any atom is 0.202 e. The van der Waals surface area contributed by atoms with E-state index in [9.17, 15) is 8.78 Å². The summed E-state index contributed by atoms with van der Waals surface area (Å²) in [6, 6.07) is 9.57. The van der Waals surface area contributed by atoms with Gasteiger partial charge in [0.25, 0.3) is 0 Å². The van der Waals surface area contributed by atoms with Crippen molar-refractivity contribution in [2.45, 2.75) is 6.54 Å². The van der Waals surface area contributed by atoms with Crippen LogP contribution >= 0.6 is 11.6 Å². The first-order chi connectivity index (χ1) is 13.0. The SMILES string of the molecule is Nc1nc(-c2cc(-c3ccon3)n(Cc3ccccc3F)n2)nc(Cl)c1F. The van der Waals surface area contributed by atoms with E-state index < -0.39 is 16.8 Å². The molecule has 0 saturated carbocycles. The van der Waals surface area contributed by atoms with Gasteiger partial charge in [0.2, 0.25) is 5.82 Å². The molecule has 0 spiro atoms. The summed E-state index contributed by atoms with van der Waals surface area (Å²) in [7, 11) is 0. The fraction of sp³-hybridized carbons (Fsp3) is 0.0588. The molecule has 3 aromatic heterocycles. The maximum absolute atomic E-state index is 14.1. The lowest BCUT2D eigenvalue weighted by molar-refractivity contribution is 0.421. The van der Waals surface area contributed by atoms with E-state index in [1.807, 2.05) is 0 Å². The summed E-state index contributed by atoms with van der Waals surface area (Å²) < 4.78 is 34.0. The van der Waals surface area contributed by atoms with Crippen molar-refractivity contribution in [2.75, 3.05) is 5.73 Å². The first kappa shape index (κ1) is 17.1. The van der Waals surface area contributed by atoms with Gasteiger partial charge in [0.1, 0.15) is 23.5 Å². The molecule has 136 valence electrons. The highest BCUT2D eigenvalue weighted by Gasteiger charge is 2.19. The first-order valence-electron chi connectivity index (χ1n) is 7.74. The number of rotatable bonds is 4. The van der Waals surface area contributed by atoms with E-state index in [0.29, 0.717) is 17.0 Å². The molecular weight excluding hydrogens is 378 g/mol. The molecular formula is C17H11ClF2N6O. The molecule has 0 aliphatic heterocycles. The van der Waals surface area contributed by atoms with Gasteiger partial charge in [-0.2, -0.15) is 9.49 Å². The Kier molecular flexibility index (Phi) is 4.28. The van der Waals surface area contributed by atoms with E-state index in [1.54, 1.807) is 30.3 Å². The average molecular weight is 389 g/mol. The third-order valence-electron chi connectivity index (χ3n) is 3.82. The van der Waals surface area contributed by atoms with Gasteiger partial charge in [0, 0.05) is 11.6 Å². The van der Waals surface area contributed by atoms with Crippen molar-refractivity contribution in [3.63, 3.8) is 0 Å². The zero-order valence-electron chi connectivity index (χ0n) is 13.6. The number of benzene rings is 1. The molecule has 4 rings (SSSR count). The number of anilines is 1. The Morgan fingerprint density at radius 2 is 1.93 bits per heavy atom. The highest BCUT2D eigenvalue weighted by molar-refractivity contribution is 6.29. The van der Waals surface area contributed by atoms with E-state index in [1.165, 1.54) is 17.0 Å². The largest absolute Gasteiger partial charge is 0.381 e. The molecule has 0 aliphatic carbocycles. The third kappa shape index (κ3) is 3.24. The molecule has 0 amide bonds. The van der Waals surface area contributed by atoms with Crippen molar-refractivity contribution >= 4 is 17.4 Å². The lowest BCUT2D eigenvalue weighted by atomic mass is 10.2. The van der Waals surface area contributed by atoms with Crippen LogP contribution in [-0.4, -0.2) is 24.9 Å². The van der Waals surface area contributed by atoms with E-state index in [2.05, 4.69) is 20.2 Å². The summed E-state index contributed by atoms with van der Waals surface area (Å²) in [6.07, 6.45) is 1.40. The van der Waals surface area contributed by atoms with Crippen LogP contribution in [0.5, 0.6) is 0 Å². The lowest BCUT2D eigenvalue weighted by Gasteiger charge is -2.06. The topological polar surface area (TPSA) is 95.7 Å². The Bertz CT molecular complexity index is 1090. The van der Waals surface area contributed by atoms with Crippen LogP contribution in [0.15, 0.2) is 47.2 Å². The quantitative estimate of drug-likeness (QED) is 0.537. The van der Waals surface area contributed by atoms with E-state index in [-0.39, 0.29) is 23.9 Å². The Balaban J connectivity index is 1.82. The summed E-state index contributed by atoms with van der Waals surface area (Å²) in [6.45, 7) is 0.124. The highest BCUT2D eigenvalue weighted by atomic mass is 35.5. The molecule has 10 heteroatoms. The molecule has 0 unspecified atom stereocenters. The molecule has 0 aliphatic rings. The molecule has 27 heavy (non-hydrogen) atoms. The first-order valence-corrected chi connectivity index (χ1v) is 8.11. The number of nitrogens with two attached hydrogens (primary N) is 1. The van der Waals surface area contributed by atoms with Crippen LogP contribution in [0.4, 0.5) is 14.6 Å². The number of nitrogens with zero attached hydrogens (tertiary/aromatic N) is 5. The Morgan fingerprint density at radius 1 is 1.11 bits per heavy atom. The molecule has 0 atom stereocenters.